The van der Waals surface area contributed by atoms with Crippen molar-refractivity contribution in [3.8, 4) is 0 Å². The van der Waals surface area contributed by atoms with E-state index < -0.39 is 16.1 Å². The van der Waals surface area contributed by atoms with Crippen LogP contribution in [0.4, 0.5) is 5.69 Å². The summed E-state index contributed by atoms with van der Waals surface area (Å²) in [5.74, 6) is -0.287. The topological polar surface area (TPSA) is 66.5 Å². The van der Waals surface area contributed by atoms with Crippen LogP contribution in [0.1, 0.15) is 43.4 Å². The maximum atomic E-state index is 13.1. The van der Waals surface area contributed by atoms with Crippen LogP contribution in [-0.2, 0) is 21.2 Å². The van der Waals surface area contributed by atoms with Crippen LogP contribution in [0.15, 0.2) is 48.5 Å². The number of hydrogen-bond donors (Lipinski definition) is 1. The van der Waals surface area contributed by atoms with Crippen LogP contribution < -0.4 is 9.62 Å². The number of benzene rings is 2. The minimum Gasteiger partial charge on any atom is -0.347 e. The lowest BCUT2D eigenvalue weighted by Crippen LogP contribution is -2.50. The van der Waals surface area contributed by atoms with Gasteiger partial charge in [-0.1, -0.05) is 42.8 Å². The third-order valence-corrected chi connectivity index (χ3v) is 6.53. The molecule has 0 fully saturated rings. The van der Waals surface area contributed by atoms with Gasteiger partial charge in [-0.3, -0.25) is 9.10 Å². The largest absolute Gasteiger partial charge is 0.347 e. The van der Waals surface area contributed by atoms with E-state index in [0.29, 0.717) is 17.1 Å². The molecule has 2 aromatic carbocycles. The van der Waals surface area contributed by atoms with Gasteiger partial charge < -0.3 is 5.32 Å². The molecule has 0 unspecified atom stereocenters. The standard InChI is InChI=1S/C21H25ClN2O3S/c1-3-20(24(28(2,26)27)17-13-11-16(22)12-14-17)21(25)23-19-10-6-8-15-7-4-5-9-18(15)19/h4-5,7,9,11-14,19-20H,3,6,8,10H2,1-2H3,(H,23,25)/t19-,20+/m1/s1. The number of nitrogens with zero attached hydrogens (tertiary/aromatic N) is 1. The van der Waals surface area contributed by atoms with Gasteiger partial charge >= 0.3 is 0 Å². The monoisotopic (exact) mass is 420 g/mol. The van der Waals surface area contributed by atoms with Crippen LogP contribution in [0, 0.1) is 0 Å². The SMILES string of the molecule is CC[C@@H](C(=O)N[C@@H]1CCCc2ccccc21)N(c1ccc(Cl)cc1)S(C)(=O)=O. The molecule has 0 saturated carbocycles. The summed E-state index contributed by atoms with van der Waals surface area (Å²) in [5, 5.41) is 3.60. The van der Waals surface area contributed by atoms with E-state index in [1.807, 2.05) is 25.1 Å². The Hall–Kier alpha value is -2.05. The molecule has 5 nitrogen and oxygen atoms in total. The van der Waals surface area contributed by atoms with Crippen molar-refractivity contribution in [2.24, 2.45) is 0 Å². The minimum absolute atomic E-state index is 0.0990. The summed E-state index contributed by atoms with van der Waals surface area (Å²) < 4.78 is 26.2. The Morgan fingerprint density at radius 2 is 1.89 bits per heavy atom. The zero-order valence-corrected chi connectivity index (χ0v) is 17.6. The second-order valence-corrected chi connectivity index (χ2v) is 9.41. The number of anilines is 1. The van der Waals surface area contributed by atoms with Crippen molar-refractivity contribution in [1.82, 2.24) is 5.32 Å². The second-order valence-electron chi connectivity index (χ2n) is 7.11. The highest BCUT2D eigenvalue weighted by molar-refractivity contribution is 7.92. The Kier molecular flexibility index (Phi) is 6.30. The molecule has 1 aliphatic rings. The van der Waals surface area contributed by atoms with E-state index in [9.17, 15) is 13.2 Å². The van der Waals surface area contributed by atoms with Gasteiger partial charge in [0.1, 0.15) is 6.04 Å². The first-order valence-corrected chi connectivity index (χ1v) is 11.7. The molecule has 1 amide bonds. The summed E-state index contributed by atoms with van der Waals surface area (Å²) in [5.41, 5.74) is 2.79. The Morgan fingerprint density at radius 3 is 2.54 bits per heavy atom. The van der Waals surface area contributed by atoms with Gasteiger partial charge in [0.25, 0.3) is 0 Å². The summed E-state index contributed by atoms with van der Waals surface area (Å²) in [6.45, 7) is 1.81. The van der Waals surface area contributed by atoms with Gasteiger partial charge in [-0.05, 0) is 61.1 Å². The average Bonchev–Trinajstić information content (AvgIpc) is 2.66. The predicted molar refractivity (Wildman–Crippen MR) is 113 cm³/mol. The lowest BCUT2D eigenvalue weighted by Gasteiger charge is -2.33. The number of rotatable bonds is 6. The van der Waals surface area contributed by atoms with Gasteiger partial charge in [0.15, 0.2) is 0 Å². The summed E-state index contributed by atoms with van der Waals surface area (Å²) in [7, 11) is -3.66. The molecule has 1 N–H and O–H groups in total. The van der Waals surface area contributed by atoms with E-state index in [-0.39, 0.29) is 11.9 Å². The zero-order valence-electron chi connectivity index (χ0n) is 16.1. The summed E-state index contributed by atoms with van der Waals surface area (Å²) >= 11 is 5.94. The average molecular weight is 421 g/mol. The van der Waals surface area contributed by atoms with Gasteiger partial charge in [-0.25, -0.2) is 8.42 Å². The fraction of sp³-hybridized carbons (Fsp3) is 0.381. The number of hydrogen-bond acceptors (Lipinski definition) is 3. The number of nitrogens with one attached hydrogen (secondary N) is 1. The van der Waals surface area contributed by atoms with Crippen molar-refractivity contribution in [3.63, 3.8) is 0 Å². The molecule has 7 heteroatoms. The second kappa shape index (κ2) is 8.53. The first kappa shape index (κ1) is 20.7. The summed E-state index contributed by atoms with van der Waals surface area (Å²) in [6.07, 6.45) is 4.31. The predicted octanol–water partition coefficient (Wildman–Crippen LogP) is 4.08. The van der Waals surface area contributed by atoms with E-state index in [1.165, 1.54) is 9.87 Å². The molecule has 2 aromatic rings. The van der Waals surface area contributed by atoms with Gasteiger partial charge in [-0.15, -0.1) is 0 Å². The minimum atomic E-state index is -3.66. The molecule has 2 atom stereocenters. The Bertz CT molecular complexity index is 944. The molecule has 0 spiro atoms. The molecule has 0 bridgehead atoms. The van der Waals surface area contributed by atoms with Crippen LogP contribution in [-0.4, -0.2) is 26.6 Å². The van der Waals surface area contributed by atoms with Crippen LogP contribution in [0.2, 0.25) is 5.02 Å². The van der Waals surface area contributed by atoms with Crippen molar-refractivity contribution in [2.75, 3.05) is 10.6 Å². The Balaban J connectivity index is 1.88. The molecular weight excluding hydrogens is 396 g/mol. The summed E-state index contributed by atoms with van der Waals surface area (Å²) in [4.78, 5) is 13.1. The number of halogens is 1. The fourth-order valence-corrected chi connectivity index (χ4v) is 5.16. The van der Waals surface area contributed by atoms with Crippen LogP contribution in [0.25, 0.3) is 0 Å². The fourth-order valence-electron chi connectivity index (χ4n) is 3.82. The van der Waals surface area contributed by atoms with Crippen LogP contribution in [0.5, 0.6) is 0 Å². The van der Waals surface area contributed by atoms with Gasteiger partial charge in [-0.2, -0.15) is 0 Å². The number of amides is 1. The van der Waals surface area contributed by atoms with Gasteiger partial charge in [0.05, 0.1) is 18.0 Å². The Morgan fingerprint density at radius 1 is 1.21 bits per heavy atom. The third kappa shape index (κ3) is 4.50. The molecule has 0 saturated heterocycles. The van der Waals surface area contributed by atoms with Crippen molar-refractivity contribution < 1.29 is 13.2 Å². The quantitative estimate of drug-likeness (QED) is 0.765. The third-order valence-electron chi connectivity index (χ3n) is 5.10. The van der Waals surface area contributed by atoms with Crippen LogP contribution >= 0.6 is 11.6 Å². The van der Waals surface area contributed by atoms with Crippen molar-refractivity contribution in [3.05, 3.63) is 64.7 Å². The van der Waals surface area contributed by atoms with E-state index in [0.717, 1.165) is 31.1 Å². The molecule has 0 aromatic heterocycles. The lowest BCUT2D eigenvalue weighted by molar-refractivity contribution is -0.123. The van der Waals surface area contributed by atoms with E-state index in [2.05, 4.69) is 11.4 Å². The molecular formula is C21H25ClN2O3S. The maximum absolute atomic E-state index is 13.1. The smallest absolute Gasteiger partial charge is 0.244 e. The number of aryl methyl sites for hydroxylation is 1. The first-order valence-electron chi connectivity index (χ1n) is 9.44. The number of sulfonamides is 1. The Labute approximate surface area is 171 Å². The van der Waals surface area contributed by atoms with E-state index in [4.69, 9.17) is 11.6 Å². The van der Waals surface area contributed by atoms with Crippen molar-refractivity contribution >= 4 is 33.2 Å². The molecule has 0 radical (unpaired) electrons. The highest BCUT2D eigenvalue weighted by Crippen LogP contribution is 2.30. The molecule has 0 heterocycles. The molecule has 0 aliphatic heterocycles. The zero-order chi connectivity index (χ0) is 20.3. The molecule has 28 heavy (non-hydrogen) atoms. The molecule has 150 valence electrons. The molecule has 3 rings (SSSR count). The van der Waals surface area contributed by atoms with E-state index in [1.54, 1.807) is 24.3 Å². The number of carbonyl (C=O) groups is 1. The van der Waals surface area contributed by atoms with Crippen LogP contribution in [0.3, 0.4) is 0 Å². The van der Waals surface area contributed by atoms with Gasteiger partial charge in [0.2, 0.25) is 15.9 Å². The van der Waals surface area contributed by atoms with Crippen molar-refractivity contribution in [2.45, 2.75) is 44.7 Å². The summed E-state index contributed by atoms with van der Waals surface area (Å²) in [6, 6.07) is 13.7. The highest BCUT2D eigenvalue weighted by Gasteiger charge is 2.33. The maximum Gasteiger partial charge on any atom is 0.244 e. The van der Waals surface area contributed by atoms with Gasteiger partial charge in [0, 0.05) is 5.02 Å². The molecule has 1 aliphatic carbocycles. The normalized spacial score (nSPS) is 17.5. The number of carbonyl (C=O) groups excluding carboxylic acids is 1. The highest BCUT2D eigenvalue weighted by atomic mass is 35.5. The first-order chi connectivity index (χ1) is 13.3. The van der Waals surface area contributed by atoms with E-state index >= 15 is 0 Å². The lowest BCUT2D eigenvalue weighted by atomic mass is 9.87. The number of fused-ring (bicyclic) bond motifs is 1. The van der Waals surface area contributed by atoms with Crippen molar-refractivity contribution in [1.29, 1.82) is 0 Å².